The molecule has 109 valence electrons. The zero-order chi connectivity index (χ0) is 10.2. The van der Waals surface area contributed by atoms with Crippen molar-refractivity contribution in [1.29, 1.82) is 0 Å². The van der Waals surface area contributed by atoms with E-state index in [1.165, 1.54) is 0 Å². The van der Waals surface area contributed by atoms with Gasteiger partial charge in [-0.3, -0.25) is 0 Å². The Labute approximate surface area is 135 Å². The minimum absolute atomic E-state index is 0. The van der Waals surface area contributed by atoms with Gasteiger partial charge in [0.25, 0.3) is 0 Å². The predicted molar refractivity (Wildman–Crippen MR) is 38.9 cm³/mol. The van der Waals surface area contributed by atoms with E-state index in [2.05, 4.69) is 0 Å². The molecule has 0 amide bonds. The SMILES string of the molecule is N[C@@H]1[C@@H](O)[C@H](O)[C@@H](CO)O[C]1(N)[Pt+4].[Cl-].[Cl-].[Cl-].[Cl-]. The van der Waals surface area contributed by atoms with Crippen LogP contribution in [0.25, 0.3) is 0 Å². The van der Waals surface area contributed by atoms with Gasteiger partial charge in [-0.05, 0) is 0 Å². The molecular weight excluding hydrogens is 501 g/mol. The molecule has 17 heavy (non-hydrogen) atoms. The van der Waals surface area contributed by atoms with Crippen molar-refractivity contribution in [3.05, 3.63) is 0 Å². The quantitative estimate of drug-likeness (QED) is 0.237. The molecule has 0 aromatic carbocycles. The van der Waals surface area contributed by atoms with Crippen LogP contribution in [0.1, 0.15) is 0 Å². The topological polar surface area (TPSA) is 122 Å². The molecule has 0 bridgehead atoms. The number of halogens is 4. The normalized spacial score (nSPS) is 39.8. The van der Waals surface area contributed by atoms with Gasteiger partial charge in [0.2, 0.25) is 0 Å². The van der Waals surface area contributed by atoms with Crippen molar-refractivity contribution in [2.24, 2.45) is 11.5 Å². The summed E-state index contributed by atoms with van der Waals surface area (Å²) in [6.07, 6.45) is -3.28. The number of ether oxygens (including phenoxy) is 1. The Balaban J connectivity index is -0.000000211. The molecule has 1 aliphatic rings. The number of rotatable bonds is 1. The second-order valence-corrected chi connectivity index (χ2v) is 4.77. The number of hydrogen-bond donors (Lipinski definition) is 5. The molecule has 6 nitrogen and oxygen atoms in total. The first kappa shape index (κ1) is 27.0. The van der Waals surface area contributed by atoms with Crippen LogP contribution in [-0.4, -0.2) is 50.4 Å². The Morgan fingerprint density at radius 3 is 1.88 bits per heavy atom. The van der Waals surface area contributed by atoms with E-state index in [4.69, 9.17) is 21.3 Å². The van der Waals surface area contributed by atoms with Crippen molar-refractivity contribution in [1.82, 2.24) is 0 Å². The summed E-state index contributed by atoms with van der Waals surface area (Å²) in [7, 11) is 0. The minimum atomic E-state index is -1.26. The van der Waals surface area contributed by atoms with Crippen molar-refractivity contribution in [3.63, 3.8) is 0 Å². The van der Waals surface area contributed by atoms with Gasteiger partial charge in [-0.25, -0.2) is 0 Å². The van der Waals surface area contributed by atoms with Crippen molar-refractivity contribution in [2.45, 2.75) is 28.5 Å². The fourth-order valence-corrected chi connectivity index (χ4v) is 1.90. The van der Waals surface area contributed by atoms with Crippen LogP contribution in [0.2, 0.25) is 0 Å². The molecule has 1 aliphatic heterocycles. The van der Waals surface area contributed by atoms with E-state index >= 15 is 0 Å². The molecule has 0 radical (unpaired) electrons. The third-order valence-electron chi connectivity index (χ3n) is 2.04. The molecular formula is C6H13Cl4N2O4Pt. The van der Waals surface area contributed by atoms with Crippen molar-refractivity contribution in [3.8, 4) is 0 Å². The second-order valence-electron chi connectivity index (χ2n) is 3.00. The molecule has 0 saturated carbocycles. The monoisotopic (exact) mass is 512 g/mol. The summed E-state index contributed by atoms with van der Waals surface area (Å²) in [5.74, 6) is 0. The molecule has 0 aromatic heterocycles. The van der Waals surface area contributed by atoms with E-state index in [1.807, 2.05) is 0 Å². The molecule has 7 N–H and O–H groups in total. The molecule has 1 fully saturated rings. The summed E-state index contributed by atoms with van der Waals surface area (Å²) >= 11 is 1.71. The number of hydrogen-bond acceptors (Lipinski definition) is 6. The smallest absolute Gasteiger partial charge is 1.00 e. The van der Waals surface area contributed by atoms with Gasteiger partial charge in [-0.15, -0.1) is 0 Å². The van der Waals surface area contributed by atoms with Gasteiger partial charge >= 0.3 is 86.4 Å². The molecule has 1 heterocycles. The maximum absolute atomic E-state index is 9.43. The average molecular weight is 514 g/mol. The largest absolute Gasteiger partial charge is 1.00 e. The van der Waals surface area contributed by atoms with E-state index in [1.54, 1.807) is 19.8 Å². The van der Waals surface area contributed by atoms with Crippen LogP contribution in [0, 0.1) is 0 Å². The van der Waals surface area contributed by atoms with Crippen LogP contribution in [0.4, 0.5) is 0 Å². The van der Waals surface area contributed by atoms with E-state index in [-0.39, 0.29) is 49.6 Å². The third-order valence-corrected chi connectivity index (χ3v) is 3.06. The molecule has 1 saturated heterocycles. The summed E-state index contributed by atoms with van der Waals surface area (Å²) in [5, 5.41) is 27.6. The summed E-state index contributed by atoms with van der Waals surface area (Å²) in [5.41, 5.74) is 11.1. The second kappa shape index (κ2) is 10.4. The first-order valence-corrected chi connectivity index (χ1v) is 4.89. The third kappa shape index (κ3) is 6.06. The van der Waals surface area contributed by atoms with Crippen LogP contribution in [0.15, 0.2) is 0 Å². The molecule has 5 atom stereocenters. The molecule has 1 rings (SSSR count). The number of nitrogens with two attached hydrogens (primary N) is 2. The summed E-state index contributed by atoms with van der Waals surface area (Å²) in [6, 6.07) is -0.882. The van der Waals surface area contributed by atoms with Gasteiger partial charge in [-0.2, -0.15) is 0 Å². The summed E-state index contributed by atoms with van der Waals surface area (Å²) in [6.45, 7) is -0.409. The molecule has 0 aromatic rings. The first-order valence-electron chi connectivity index (χ1n) is 3.75. The zero-order valence-corrected chi connectivity index (χ0v) is 13.5. The summed E-state index contributed by atoms with van der Waals surface area (Å²) < 4.78 is 3.84. The van der Waals surface area contributed by atoms with Crippen molar-refractivity contribution in [2.75, 3.05) is 6.61 Å². The molecule has 0 spiro atoms. The van der Waals surface area contributed by atoms with Gasteiger partial charge in [0.15, 0.2) is 0 Å². The minimum Gasteiger partial charge on any atom is -1.00 e. The standard InChI is InChI=1S/C6H13N2O4.4ClH.Pt/c7-3-5(11)4(10)2(1-9)12-6(3)8;;;;;/h2-5,9-11H,1,7-8H2;4*1H;/q;;;;;+4/p-4/t2-,3-,4-,5-;;;;;/m1...../s1. The Kier molecular flexibility index (Phi) is 16.5. The van der Waals surface area contributed by atoms with E-state index in [0.717, 1.165) is 0 Å². The van der Waals surface area contributed by atoms with Gasteiger partial charge in [0, 0.05) is 0 Å². The Bertz CT molecular complexity index is 203. The Morgan fingerprint density at radius 2 is 1.53 bits per heavy atom. The van der Waals surface area contributed by atoms with Crippen LogP contribution in [0.5, 0.6) is 0 Å². The number of aliphatic hydroxyl groups excluding tert-OH is 3. The predicted octanol–water partition coefficient (Wildman–Crippen LogP) is -15.4. The van der Waals surface area contributed by atoms with E-state index in [0.29, 0.717) is 0 Å². The summed E-state index contributed by atoms with van der Waals surface area (Å²) in [4.78, 5) is 0. The van der Waals surface area contributed by atoms with Crippen LogP contribution < -0.4 is 61.1 Å². The van der Waals surface area contributed by atoms with Crippen LogP contribution in [0.3, 0.4) is 0 Å². The van der Waals surface area contributed by atoms with Crippen LogP contribution in [-0.2, 0) is 24.6 Å². The van der Waals surface area contributed by atoms with Gasteiger partial charge in [0.05, 0.1) is 0 Å². The van der Waals surface area contributed by atoms with E-state index in [9.17, 15) is 10.2 Å². The zero-order valence-electron chi connectivity index (χ0n) is 8.25. The van der Waals surface area contributed by atoms with Crippen molar-refractivity contribution < 1.29 is 89.5 Å². The van der Waals surface area contributed by atoms with Gasteiger partial charge < -0.3 is 49.6 Å². The van der Waals surface area contributed by atoms with Crippen LogP contribution >= 0.6 is 0 Å². The van der Waals surface area contributed by atoms with E-state index < -0.39 is 35.1 Å². The number of aliphatic hydroxyl groups is 3. The Hall–Kier alpha value is 1.61. The first-order chi connectivity index (χ1) is 5.90. The Morgan fingerprint density at radius 1 is 1.12 bits per heavy atom. The maximum atomic E-state index is 9.43. The van der Waals surface area contributed by atoms with Gasteiger partial charge in [0.1, 0.15) is 0 Å². The molecule has 1 unspecified atom stereocenters. The van der Waals surface area contributed by atoms with Crippen molar-refractivity contribution >= 4 is 0 Å². The fourth-order valence-electron chi connectivity index (χ4n) is 1.17. The average Bonchev–Trinajstić information content (AvgIpc) is 2.08. The molecule has 0 aliphatic carbocycles. The fraction of sp³-hybridized carbons (Fsp3) is 1.00. The maximum Gasteiger partial charge on any atom is -1.00 e. The van der Waals surface area contributed by atoms with Gasteiger partial charge in [-0.1, -0.05) is 0 Å². The molecule has 11 heteroatoms.